The van der Waals surface area contributed by atoms with Gasteiger partial charge in [0.25, 0.3) is 0 Å². The monoisotopic (exact) mass is 145 g/mol. The van der Waals surface area contributed by atoms with Gasteiger partial charge >= 0.3 is 0 Å². The van der Waals surface area contributed by atoms with Gasteiger partial charge in [0.05, 0.1) is 0 Å². The molecule has 1 saturated heterocycles. The molecule has 0 amide bonds. The maximum Gasteiger partial charge on any atom is 0.0209 e. The van der Waals surface area contributed by atoms with E-state index in [2.05, 4.69) is 13.8 Å². The molecule has 1 heterocycles. The van der Waals surface area contributed by atoms with Gasteiger partial charge in [-0.3, -0.25) is 0 Å². The molecular weight excluding hydrogens is 130 g/mol. The average molecular weight is 145 g/mol. The maximum absolute atomic E-state index is 5.90. The molecule has 1 aliphatic heterocycles. The molecule has 0 bridgehead atoms. The summed E-state index contributed by atoms with van der Waals surface area (Å²) in [5, 5.41) is 0.769. The van der Waals surface area contributed by atoms with Gasteiger partial charge in [0.15, 0.2) is 0 Å². The summed E-state index contributed by atoms with van der Waals surface area (Å²) in [5.41, 5.74) is 5.90. The van der Waals surface area contributed by atoms with Crippen LogP contribution in [0.4, 0.5) is 0 Å². The fraction of sp³-hybridized carbons (Fsp3) is 1.00. The molecule has 0 aliphatic carbocycles. The van der Waals surface area contributed by atoms with Crippen LogP contribution in [0.3, 0.4) is 0 Å². The summed E-state index contributed by atoms with van der Waals surface area (Å²) in [4.78, 5) is 0. The van der Waals surface area contributed by atoms with E-state index in [9.17, 15) is 0 Å². The number of hydrogen-bond donors (Lipinski definition) is 1. The minimum Gasteiger partial charge on any atom is -0.326 e. The normalized spacial score (nSPS) is 30.0. The molecule has 0 aromatic heterocycles. The first-order valence-corrected chi connectivity index (χ1v) is 4.64. The molecule has 1 rings (SSSR count). The van der Waals surface area contributed by atoms with Crippen molar-refractivity contribution in [2.75, 3.05) is 5.75 Å². The van der Waals surface area contributed by atoms with Crippen LogP contribution >= 0.6 is 11.8 Å². The van der Waals surface area contributed by atoms with Crippen molar-refractivity contribution < 1.29 is 0 Å². The van der Waals surface area contributed by atoms with E-state index in [0.717, 1.165) is 5.25 Å². The lowest BCUT2D eigenvalue weighted by atomic mass is 10.00. The van der Waals surface area contributed by atoms with Crippen LogP contribution in [0.2, 0.25) is 0 Å². The summed E-state index contributed by atoms with van der Waals surface area (Å²) in [6.45, 7) is 4.40. The molecule has 0 saturated carbocycles. The molecule has 2 N–H and O–H groups in total. The average Bonchev–Trinajstić information content (AvgIpc) is 1.60. The molecule has 0 aromatic rings. The Balaban J connectivity index is 2.23. The third kappa shape index (κ3) is 1.62. The van der Waals surface area contributed by atoms with E-state index >= 15 is 0 Å². The summed E-state index contributed by atoms with van der Waals surface area (Å²) in [7, 11) is 0. The lowest BCUT2D eigenvalue weighted by Crippen LogP contribution is -2.41. The predicted molar refractivity (Wildman–Crippen MR) is 43.7 cm³/mol. The molecule has 2 atom stereocenters. The SMILES string of the molecule is CC(C)C(N)C1CCS1. The minimum absolute atomic E-state index is 0.434. The van der Waals surface area contributed by atoms with Crippen molar-refractivity contribution in [3.63, 3.8) is 0 Å². The van der Waals surface area contributed by atoms with Crippen LogP contribution in [-0.4, -0.2) is 17.0 Å². The zero-order valence-corrected chi connectivity index (χ0v) is 6.95. The Morgan fingerprint density at radius 3 is 2.22 bits per heavy atom. The molecular formula is C7H15NS. The van der Waals surface area contributed by atoms with Gasteiger partial charge in [-0.25, -0.2) is 0 Å². The summed E-state index contributed by atoms with van der Waals surface area (Å²) in [5.74, 6) is 1.98. The number of rotatable bonds is 2. The molecule has 2 unspecified atom stereocenters. The Bertz CT molecular complexity index is 88.9. The Hall–Kier alpha value is 0.310. The molecule has 1 aliphatic rings. The Kier molecular flexibility index (Phi) is 2.42. The first kappa shape index (κ1) is 7.42. The standard InChI is InChI=1S/C7H15NS/c1-5(2)7(8)6-3-4-9-6/h5-7H,3-4,8H2,1-2H3. The van der Waals surface area contributed by atoms with Crippen LogP contribution in [0.5, 0.6) is 0 Å². The van der Waals surface area contributed by atoms with Gasteiger partial charge in [0.2, 0.25) is 0 Å². The molecule has 1 fully saturated rings. The van der Waals surface area contributed by atoms with E-state index in [1.807, 2.05) is 11.8 Å². The van der Waals surface area contributed by atoms with E-state index in [4.69, 9.17) is 5.73 Å². The highest BCUT2D eigenvalue weighted by Gasteiger charge is 2.26. The summed E-state index contributed by atoms with van der Waals surface area (Å²) in [6, 6.07) is 0.434. The summed E-state index contributed by atoms with van der Waals surface area (Å²) in [6.07, 6.45) is 1.34. The first-order valence-electron chi connectivity index (χ1n) is 3.59. The molecule has 0 radical (unpaired) electrons. The molecule has 1 nitrogen and oxygen atoms in total. The Labute approximate surface area is 61.4 Å². The largest absolute Gasteiger partial charge is 0.326 e. The maximum atomic E-state index is 5.90. The van der Waals surface area contributed by atoms with Crippen LogP contribution < -0.4 is 5.73 Å². The first-order chi connectivity index (χ1) is 4.22. The zero-order valence-electron chi connectivity index (χ0n) is 6.13. The van der Waals surface area contributed by atoms with Gasteiger partial charge in [-0.1, -0.05) is 13.8 Å². The third-order valence-electron chi connectivity index (χ3n) is 1.93. The van der Waals surface area contributed by atoms with Crippen molar-refractivity contribution in [2.45, 2.75) is 31.6 Å². The van der Waals surface area contributed by atoms with Crippen LogP contribution in [0.25, 0.3) is 0 Å². The van der Waals surface area contributed by atoms with Crippen molar-refractivity contribution in [1.29, 1.82) is 0 Å². The second kappa shape index (κ2) is 2.93. The number of hydrogen-bond acceptors (Lipinski definition) is 2. The van der Waals surface area contributed by atoms with Crippen LogP contribution in [0.15, 0.2) is 0 Å². The highest BCUT2D eigenvalue weighted by Crippen LogP contribution is 2.31. The lowest BCUT2D eigenvalue weighted by Gasteiger charge is -2.32. The highest BCUT2D eigenvalue weighted by molar-refractivity contribution is 8.01. The summed E-state index contributed by atoms with van der Waals surface area (Å²) < 4.78 is 0. The Morgan fingerprint density at radius 2 is 2.11 bits per heavy atom. The molecule has 54 valence electrons. The zero-order chi connectivity index (χ0) is 6.85. The second-order valence-corrected chi connectivity index (χ2v) is 4.37. The molecule has 0 spiro atoms. The minimum atomic E-state index is 0.434. The van der Waals surface area contributed by atoms with Crippen LogP contribution in [0, 0.1) is 5.92 Å². The van der Waals surface area contributed by atoms with Crippen LogP contribution in [0.1, 0.15) is 20.3 Å². The highest BCUT2D eigenvalue weighted by atomic mass is 32.2. The van der Waals surface area contributed by atoms with Gasteiger partial charge < -0.3 is 5.73 Å². The summed E-state index contributed by atoms with van der Waals surface area (Å²) >= 11 is 2.02. The van der Waals surface area contributed by atoms with Crippen molar-refractivity contribution >= 4 is 11.8 Å². The van der Waals surface area contributed by atoms with Gasteiger partial charge in [0, 0.05) is 11.3 Å². The Morgan fingerprint density at radius 1 is 1.56 bits per heavy atom. The van der Waals surface area contributed by atoms with Crippen molar-refractivity contribution in [3.05, 3.63) is 0 Å². The van der Waals surface area contributed by atoms with Crippen molar-refractivity contribution in [1.82, 2.24) is 0 Å². The quantitative estimate of drug-likeness (QED) is 0.637. The van der Waals surface area contributed by atoms with Gasteiger partial charge in [-0.2, -0.15) is 11.8 Å². The van der Waals surface area contributed by atoms with Crippen molar-refractivity contribution in [2.24, 2.45) is 11.7 Å². The van der Waals surface area contributed by atoms with Crippen molar-refractivity contribution in [3.8, 4) is 0 Å². The smallest absolute Gasteiger partial charge is 0.0209 e. The van der Waals surface area contributed by atoms with E-state index in [1.165, 1.54) is 12.2 Å². The van der Waals surface area contributed by atoms with Gasteiger partial charge in [-0.15, -0.1) is 0 Å². The van der Waals surface area contributed by atoms with Crippen LogP contribution in [-0.2, 0) is 0 Å². The predicted octanol–water partition coefficient (Wildman–Crippen LogP) is 1.48. The van der Waals surface area contributed by atoms with Gasteiger partial charge in [0.1, 0.15) is 0 Å². The third-order valence-corrected chi connectivity index (χ3v) is 3.38. The van der Waals surface area contributed by atoms with E-state index < -0.39 is 0 Å². The molecule has 0 aromatic carbocycles. The molecule has 2 heteroatoms. The van der Waals surface area contributed by atoms with E-state index in [0.29, 0.717) is 12.0 Å². The second-order valence-electron chi connectivity index (χ2n) is 3.02. The fourth-order valence-corrected chi connectivity index (χ4v) is 2.03. The fourth-order valence-electron chi connectivity index (χ4n) is 0.987. The van der Waals surface area contributed by atoms with E-state index in [-0.39, 0.29) is 0 Å². The topological polar surface area (TPSA) is 26.0 Å². The van der Waals surface area contributed by atoms with Gasteiger partial charge in [-0.05, 0) is 18.1 Å². The lowest BCUT2D eigenvalue weighted by molar-refractivity contribution is 0.460. The molecule has 9 heavy (non-hydrogen) atoms. The number of nitrogens with two attached hydrogens (primary N) is 1. The number of thioether (sulfide) groups is 1. The van der Waals surface area contributed by atoms with E-state index in [1.54, 1.807) is 0 Å².